The molecule has 1 aliphatic carbocycles. The third kappa shape index (κ3) is 4.00. The van der Waals surface area contributed by atoms with Crippen molar-refractivity contribution in [1.82, 2.24) is 4.31 Å². The van der Waals surface area contributed by atoms with E-state index in [2.05, 4.69) is 12.2 Å². The molecule has 150 valence electrons. The first-order chi connectivity index (χ1) is 13.4. The van der Waals surface area contributed by atoms with Crippen molar-refractivity contribution < 1.29 is 17.9 Å². The molecule has 4 rings (SSSR count). The highest BCUT2D eigenvalue weighted by molar-refractivity contribution is 7.89. The number of nitrogens with one attached hydrogen (secondary N) is 1. The topological polar surface area (TPSA) is 75.7 Å². The second-order valence-electron chi connectivity index (χ2n) is 7.41. The Bertz CT molecular complexity index is 978. The summed E-state index contributed by atoms with van der Waals surface area (Å²) in [5, 5.41) is 2.86. The van der Waals surface area contributed by atoms with Crippen LogP contribution in [0.25, 0.3) is 0 Å². The van der Waals surface area contributed by atoms with Crippen LogP contribution in [-0.4, -0.2) is 44.9 Å². The van der Waals surface area contributed by atoms with Gasteiger partial charge in [-0.05, 0) is 55.0 Å². The highest BCUT2D eigenvalue weighted by Gasteiger charge is 2.27. The largest absolute Gasteiger partial charge is 0.379 e. The molecule has 28 heavy (non-hydrogen) atoms. The van der Waals surface area contributed by atoms with Crippen LogP contribution < -0.4 is 5.32 Å². The Kier molecular flexibility index (Phi) is 5.55. The zero-order valence-corrected chi connectivity index (χ0v) is 17.4. The Labute approximate surface area is 169 Å². The quantitative estimate of drug-likeness (QED) is 0.824. The molecule has 1 atom stereocenters. The Hall–Kier alpha value is -1.74. The highest BCUT2D eigenvalue weighted by Crippen LogP contribution is 2.32. The van der Waals surface area contributed by atoms with E-state index in [1.54, 1.807) is 29.5 Å². The number of fused-ring (bicyclic) bond motifs is 1. The summed E-state index contributed by atoms with van der Waals surface area (Å²) in [4.78, 5) is 14.9. The third-order valence-electron chi connectivity index (χ3n) is 5.25. The Morgan fingerprint density at radius 3 is 2.82 bits per heavy atom. The van der Waals surface area contributed by atoms with Gasteiger partial charge in [-0.1, -0.05) is 13.0 Å². The van der Waals surface area contributed by atoms with E-state index < -0.39 is 10.0 Å². The van der Waals surface area contributed by atoms with Crippen LogP contribution in [0, 0.1) is 5.92 Å². The van der Waals surface area contributed by atoms with Gasteiger partial charge in [0.15, 0.2) is 0 Å². The van der Waals surface area contributed by atoms with Crippen LogP contribution in [0.15, 0.2) is 35.2 Å². The number of rotatable bonds is 4. The minimum atomic E-state index is -3.59. The lowest BCUT2D eigenvalue weighted by atomic mass is 9.90. The normalized spacial score (nSPS) is 20.5. The van der Waals surface area contributed by atoms with Crippen LogP contribution in [0.3, 0.4) is 0 Å². The number of amides is 1. The lowest BCUT2D eigenvalue weighted by molar-refractivity contribution is 0.0730. The van der Waals surface area contributed by atoms with Crippen molar-refractivity contribution in [2.45, 2.75) is 31.1 Å². The molecule has 1 N–H and O–H groups in total. The molecular weight excluding hydrogens is 396 g/mol. The maximum absolute atomic E-state index is 12.8. The fourth-order valence-corrected chi connectivity index (χ4v) is 6.24. The molecule has 1 unspecified atom stereocenters. The lowest BCUT2D eigenvalue weighted by Gasteiger charge is -2.26. The van der Waals surface area contributed by atoms with Gasteiger partial charge >= 0.3 is 0 Å². The van der Waals surface area contributed by atoms with Crippen molar-refractivity contribution in [3.63, 3.8) is 0 Å². The van der Waals surface area contributed by atoms with Gasteiger partial charge in [0, 0.05) is 23.7 Å². The van der Waals surface area contributed by atoms with Crippen LogP contribution in [0.5, 0.6) is 0 Å². The molecule has 2 aromatic rings. The highest BCUT2D eigenvalue weighted by atomic mass is 32.2. The summed E-state index contributed by atoms with van der Waals surface area (Å²) in [5.41, 5.74) is 1.76. The predicted molar refractivity (Wildman–Crippen MR) is 109 cm³/mol. The van der Waals surface area contributed by atoms with Crippen LogP contribution in [0.2, 0.25) is 0 Å². The molecular formula is C20H24N2O4S2. The van der Waals surface area contributed by atoms with Crippen molar-refractivity contribution in [3.05, 3.63) is 45.6 Å². The molecule has 0 saturated carbocycles. The summed E-state index contributed by atoms with van der Waals surface area (Å²) in [7, 11) is -3.59. The van der Waals surface area contributed by atoms with Gasteiger partial charge in [-0.2, -0.15) is 4.31 Å². The van der Waals surface area contributed by atoms with Crippen molar-refractivity contribution in [3.8, 4) is 0 Å². The monoisotopic (exact) mass is 420 g/mol. The van der Waals surface area contributed by atoms with E-state index in [9.17, 15) is 13.2 Å². The molecule has 1 fully saturated rings. The molecule has 1 aromatic carbocycles. The Balaban J connectivity index is 1.51. The number of carbonyl (C=O) groups excluding carboxylic acids is 1. The molecule has 1 aliphatic heterocycles. The average molecular weight is 421 g/mol. The van der Waals surface area contributed by atoms with E-state index in [1.165, 1.54) is 20.8 Å². The van der Waals surface area contributed by atoms with E-state index in [4.69, 9.17) is 4.74 Å². The number of thiophene rings is 1. The van der Waals surface area contributed by atoms with Crippen LogP contribution in [0.4, 0.5) is 5.69 Å². The van der Waals surface area contributed by atoms with Crippen LogP contribution in [-0.2, 0) is 27.6 Å². The molecule has 1 aromatic heterocycles. The fraction of sp³-hybridized carbons (Fsp3) is 0.450. The van der Waals surface area contributed by atoms with E-state index in [0.717, 1.165) is 19.3 Å². The molecule has 2 heterocycles. The summed E-state index contributed by atoms with van der Waals surface area (Å²) < 4.78 is 32.3. The number of carbonyl (C=O) groups is 1. The number of ether oxygens (including phenoxy) is 1. The van der Waals surface area contributed by atoms with Crippen LogP contribution in [0.1, 0.15) is 33.5 Å². The van der Waals surface area contributed by atoms with Gasteiger partial charge in [-0.25, -0.2) is 8.42 Å². The zero-order chi connectivity index (χ0) is 19.7. The molecule has 0 radical (unpaired) electrons. The van der Waals surface area contributed by atoms with Gasteiger partial charge in [-0.3, -0.25) is 4.79 Å². The lowest BCUT2D eigenvalue weighted by Crippen LogP contribution is -2.40. The SMILES string of the molecule is CC1CCc2sc(C(=O)Nc3cccc(S(=O)(=O)N4CCOCC4)c3)cc2C1. The first-order valence-corrected chi connectivity index (χ1v) is 11.8. The maximum atomic E-state index is 12.8. The Morgan fingerprint density at radius 2 is 2.04 bits per heavy atom. The summed E-state index contributed by atoms with van der Waals surface area (Å²) in [6.45, 7) is 3.73. The molecule has 2 aliphatic rings. The summed E-state index contributed by atoms with van der Waals surface area (Å²) in [6.07, 6.45) is 3.21. The Morgan fingerprint density at radius 1 is 1.25 bits per heavy atom. The molecule has 0 bridgehead atoms. The molecule has 6 nitrogen and oxygen atoms in total. The molecule has 1 amide bonds. The van der Waals surface area contributed by atoms with E-state index >= 15 is 0 Å². The molecule has 8 heteroatoms. The van der Waals surface area contributed by atoms with Gasteiger partial charge in [0.25, 0.3) is 5.91 Å². The number of nitrogens with zero attached hydrogens (tertiary/aromatic N) is 1. The van der Waals surface area contributed by atoms with Gasteiger partial charge < -0.3 is 10.1 Å². The number of hydrogen-bond donors (Lipinski definition) is 1. The van der Waals surface area contributed by atoms with Gasteiger partial charge in [0.05, 0.1) is 23.0 Å². The number of aryl methyl sites for hydroxylation is 1. The van der Waals surface area contributed by atoms with Crippen molar-refractivity contribution in [2.75, 3.05) is 31.6 Å². The smallest absolute Gasteiger partial charge is 0.265 e. The summed E-state index contributed by atoms with van der Waals surface area (Å²) in [6, 6.07) is 8.44. The van der Waals surface area contributed by atoms with Gasteiger partial charge in [-0.15, -0.1) is 11.3 Å². The van der Waals surface area contributed by atoms with Gasteiger partial charge in [0.1, 0.15) is 0 Å². The average Bonchev–Trinajstić information content (AvgIpc) is 3.12. The number of hydrogen-bond acceptors (Lipinski definition) is 5. The summed E-state index contributed by atoms with van der Waals surface area (Å²) in [5.74, 6) is 0.466. The second-order valence-corrected chi connectivity index (χ2v) is 10.5. The number of anilines is 1. The first-order valence-electron chi connectivity index (χ1n) is 9.54. The predicted octanol–water partition coefficient (Wildman–Crippen LogP) is 3.15. The van der Waals surface area contributed by atoms with Crippen molar-refractivity contribution in [1.29, 1.82) is 0 Å². The van der Waals surface area contributed by atoms with Crippen molar-refractivity contribution in [2.24, 2.45) is 5.92 Å². The van der Waals surface area contributed by atoms with Crippen LogP contribution >= 0.6 is 11.3 Å². The first kappa shape index (κ1) is 19.6. The summed E-state index contributed by atoms with van der Waals surface area (Å²) >= 11 is 1.54. The minimum Gasteiger partial charge on any atom is -0.379 e. The second kappa shape index (κ2) is 7.94. The maximum Gasteiger partial charge on any atom is 0.265 e. The van der Waals surface area contributed by atoms with E-state index in [0.29, 0.717) is 42.8 Å². The number of benzene rings is 1. The molecule has 1 saturated heterocycles. The number of morpholine rings is 1. The van der Waals surface area contributed by atoms with Crippen molar-refractivity contribution >= 4 is 33.0 Å². The third-order valence-corrected chi connectivity index (χ3v) is 8.38. The van der Waals surface area contributed by atoms with Gasteiger partial charge in [0.2, 0.25) is 10.0 Å². The standard InChI is InChI=1S/C20H24N2O4S2/c1-14-5-6-18-15(11-14)12-19(27-18)20(23)21-16-3-2-4-17(13-16)28(24,25)22-7-9-26-10-8-22/h2-4,12-14H,5-11H2,1H3,(H,21,23). The molecule has 0 spiro atoms. The number of sulfonamides is 1. The fourth-order valence-electron chi connectivity index (χ4n) is 3.68. The zero-order valence-electron chi connectivity index (χ0n) is 15.8. The van der Waals surface area contributed by atoms with E-state index in [-0.39, 0.29) is 10.8 Å². The van der Waals surface area contributed by atoms with E-state index in [1.807, 2.05) is 6.07 Å². The minimum absolute atomic E-state index is 0.187.